The fourth-order valence-electron chi connectivity index (χ4n) is 2.96. The molecule has 2 aromatic rings. The first-order valence-corrected chi connectivity index (χ1v) is 7.48. The molecule has 3 rings (SSSR count). The summed E-state index contributed by atoms with van der Waals surface area (Å²) in [6.07, 6.45) is 0.295. The average Bonchev–Trinajstić information content (AvgIpc) is 3.23. The second-order valence-electron chi connectivity index (χ2n) is 5.97. The number of hydrogen-bond acceptors (Lipinski definition) is 2. The molecule has 2 heteroatoms. The van der Waals surface area contributed by atoms with E-state index in [1.165, 1.54) is 33.4 Å². The van der Waals surface area contributed by atoms with Crippen LogP contribution < -0.4 is 4.74 Å². The Balaban J connectivity index is 1.98. The molecule has 2 aromatic carbocycles. The van der Waals surface area contributed by atoms with Gasteiger partial charge in [0.05, 0.1) is 6.61 Å². The van der Waals surface area contributed by atoms with Crippen LogP contribution in [0.1, 0.15) is 22.3 Å². The van der Waals surface area contributed by atoms with E-state index in [0.717, 1.165) is 12.4 Å². The van der Waals surface area contributed by atoms with Gasteiger partial charge < -0.3 is 9.47 Å². The fourth-order valence-corrected chi connectivity index (χ4v) is 2.96. The second kappa shape index (κ2) is 5.53. The van der Waals surface area contributed by atoms with Crippen LogP contribution in [0.2, 0.25) is 0 Å². The van der Waals surface area contributed by atoms with Crippen LogP contribution in [-0.4, -0.2) is 19.3 Å². The molecule has 0 amide bonds. The highest BCUT2D eigenvalue weighted by Gasteiger charge is 2.23. The Kier molecular flexibility index (Phi) is 3.73. The lowest BCUT2D eigenvalue weighted by Gasteiger charge is -2.17. The van der Waals surface area contributed by atoms with E-state index in [0.29, 0.717) is 12.7 Å². The maximum atomic E-state index is 5.82. The fraction of sp³-hybridized carbons (Fsp3) is 0.368. The van der Waals surface area contributed by atoms with Crippen molar-refractivity contribution < 1.29 is 9.47 Å². The van der Waals surface area contributed by atoms with Crippen LogP contribution in [0.5, 0.6) is 5.75 Å². The molecule has 0 radical (unpaired) electrons. The molecule has 1 unspecified atom stereocenters. The van der Waals surface area contributed by atoms with E-state index < -0.39 is 0 Å². The van der Waals surface area contributed by atoms with Gasteiger partial charge in [-0.2, -0.15) is 0 Å². The van der Waals surface area contributed by atoms with Gasteiger partial charge in [0.2, 0.25) is 0 Å². The van der Waals surface area contributed by atoms with Gasteiger partial charge in [0.25, 0.3) is 0 Å². The van der Waals surface area contributed by atoms with Gasteiger partial charge in [0.15, 0.2) is 0 Å². The summed E-state index contributed by atoms with van der Waals surface area (Å²) in [6, 6.07) is 10.7. The van der Waals surface area contributed by atoms with Crippen molar-refractivity contribution in [2.24, 2.45) is 0 Å². The van der Waals surface area contributed by atoms with E-state index in [4.69, 9.17) is 9.47 Å². The summed E-state index contributed by atoms with van der Waals surface area (Å²) in [5.74, 6) is 0.940. The minimum atomic E-state index is 0.295. The Hall–Kier alpha value is -1.80. The average molecular weight is 282 g/mol. The minimum absolute atomic E-state index is 0.295. The van der Waals surface area contributed by atoms with Crippen molar-refractivity contribution in [3.63, 3.8) is 0 Å². The van der Waals surface area contributed by atoms with Crippen LogP contribution >= 0.6 is 0 Å². The molecule has 110 valence electrons. The molecule has 0 saturated carbocycles. The topological polar surface area (TPSA) is 21.8 Å². The molecule has 1 aliphatic heterocycles. The van der Waals surface area contributed by atoms with Gasteiger partial charge in [-0.3, -0.25) is 0 Å². The summed E-state index contributed by atoms with van der Waals surface area (Å²) >= 11 is 0. The smallest absolute Gasteiger partial charge is 0.120 e. The highest BCUT2D eigenvalue weighted by molar-refractivity contribution is 5.77. The van der Waals surface area contributed by atoms with E-state index in [-0.39, 0.29) is 0 Å². The second-order valence-corrected chi connectivity index (χ2v) is 5.97. The number of aryl methyl sites for hydroxylation is 4. The van der Waals surface area contributed by atoms with Crippen molar-refractivity contribution in [2.45, 2.75) is 33.8 Å². The lowest BCUT2D eigenvalue weighted by atomic mass is 9.89. The van der Waals surface area contributed by atoms with E-state index >= 15 is 0 Å². The van der Waals surface area contributed by atoms with Gasteiger partial charge in [-0.1, -0.05) is 18.2 Å². The molecule has 0 aliphatic carbocycles. The molecule has 0 spiro atoms. The Morgan fingerprint density at radius 1 is 0.952 bits per heavy atom. The third kappa shape index (κ3) is 2.96. The van der Waals surface area contributed by atoms with Crippen LogP contribution in [0, 0.1) is 27.7 Å². The number of benzene rings is 2. The number of epoxide rings is 1. The molecule has 1 atom stereocenters. The van der Waals surface area contributed by atoms with Crippen LogP contribution in [0.25, 0.3) is 11.1 Å². The zero-order valence-corrected chi connectivity index (χ0v) is 13.2. The summed E-state index contributed by atoms with van der Waals surface area (Å²) in [5, 5.41) is 0. The molecule has 1 heterocycles. The first-order chi connectivity index (χ1) is 10.1. The summed E-state index contributed by atoms with van der Waals surface area (Å²) in [6.45, 7) is 10.2. The van der Waals surface area contributed by atoms with Crippen LogP contribution in [0.4, 0.5) is 0 Å². The van der Waals surface area contributed by atoms with E-state index in [1.807, 2.05) is 0 Å². The van der Waals surface area contributed by atoms with E-state index in [2.05, 4.69) is 58.0 Å². The third-order valence-corrected chi connectivity index (χ3v) is 4.08. The van der Waals surface area contributed by atoms with Crippen molar-refractivity contribution >= 4 is 0 Å². The molecule has 1 fully saturated rings. The SMILES string of the molecule is Cc1cccc(C)c1-c1c(C)cc(OCC2CO2)cc1C. The zero-order valence-electron chi connectivity index (χ0n) is 13.2. The predicted octanol–water partition coefficient (Wildman–Crippen LogP) is 4.36. The summed E-state index contributed by atoms with van der Waals surface area (Å²) in [4.78, 5) is 0. The molecule has 1 aliphatic rings. The largest absolute Gasteiger partial charge is 0.491 e. The molecule has 0 bridgehead atoms. The van der Waals surface area contributed by atoms with Gasteiger partial charge in [0, 0.05) is 0 Å². The Labute approximate surface area is 126 Å². The Bertz CT molecular complexity index is 626. The molecular weight excluding hydrogens is 260 g/mol. The van der Waals surface area contributed by atoms with Crippen molar-refractivity contribution in [1.82, 2.24) is 0 Å². The molecule has 2 nitrogen and oxygen atoms in total. The Morgan fingerprint density at radius 2 is 1.48 bits per heavy atom. The van der Waals surface area contributed by atoms with Crippen molar-refractivity contribution in [3.8, 4) is 16.9 Å². The zero-order chi connectivity index (χ0) is 15.0. The minimum Gasteiger partial charge on any atom is -0.491 e. The van der Waals surface area contributed by atoms with Gasteiger partial charge in [-0.15, -0.1) is 0 Å². The van der Waals surface area contributed by atoms with Crippen LogP contribution in [-0.2, 0) is 4.74 Å². The third-order valence-electron chi connectivity index (χ3n) is 4.08. The van der Waals surface area contributed by atoms with Gasteiger partial charge in [-0.25, -0.2) is 0 Å². The van der Waals surface area contributed by atoms with Crippen molar-refractivity contribution in [1.29, 1.82) is 0 Å². The molecule has 21 heavy (non-hydrogen) atoms. The lowest BCUT2D eigenvalue weighted by molar-refractivity contribution is 0.263. The molecular formula is C19H22O2. The molecule has 0 aromatic heterocycles. The first-order valence-electron chi connectivity index (χ1n) is 7.48. The summed E-state index contributed by atoms with van der Waals surface area (Å²) in [7, 11) is 0. The van der Waals surface area contributed by atoms with Crippen molar-refractivity contribution in [3.05, 3.63) is 52.6 Å². The lowest BCUT2D eigenvalue weighted by Crippen LogP contribution is -2.05. The van der Waals surface area contributed by atoms with E-state index in [9.17, 15) is 0 Å². The number of ether oxygens (including phenoxy) is 2. The quantitative estimate of drug-likeness (QED) is 0.777. The summed E-state index contributed by atoms with van der Waals surface area (Å²) in [5.41, 5.74) is 7.85. The Morgan fingerprint density at radius 3 is 2.00 bits per heavy atom. The maximum Gasteiger partial charge on any atom is 0.120 e. The maximum absolute atomic E-state index is 5.82. The standard InChI is InChI=1S/C19H22O2/c1-12-6-5-7-13(2)18(12)19-14(3)8-16(9-15(19)4)20-10-17-11-21-17/h5-9,17H,10-11H2,1-4H3. The van der Waals surface area contributed by atoms with Crippen LogP contribution in [0.3, 0.4) is 0 Å². The van der Waals surface area contributed by atoms with Gasteiger partial charge >= 0.3 is 0 Å². The van der Waals surface area contributed by atoms with Crippen LogP contribution in [0.15, 0.2) is 30.3 Å². The van der Waals surface area contributed by atoms with Crippen molar-refractivity contribution in [2.75, 3.05) is 13.2 Å². The van der Waals surface area contributed by atoms with E-state index in [1.54, 1.807) is 0 Å². The summed E-state index contributed by atoms with van der Waals surface area (Å²) < 4.78 is 11.0. The number of rotatable bonds is 4. The first kappa shape index (κ1) is 14.2. The highest BCUT2D eigenvalue weighted by atomic mass is 16.6. The molecule has 0 N–H and O–H groups in total. The molecule has 1 saturated heterocycles. The van der Waals surface area contributed by atoms with Gasteiger partial charge in [-0.05, 0) is 73.2 Å². The van der Waals surface area contributed by atoms with Gasteiger partial charge in [0.1, 0.15) is 18.5 Å². The highest BCUT2D eigenvalue weighted by Crippen LogP contribution is 2.35. The normalized spacial score (nSPS) is 16.9. The monoisotopic (exact) mass is 282 g/mol. The number of hydrogen-bond donors (Lipinski definition) is 0. The predicted molar refractivity (Wildman–Crippen MR) is 86.1 cm³/mol.